The van der Waals surface area contributed by atoms with Gasteiger partial charge >= 0.3 is 5.97 Å². The van der Waals surface area contributed by atoms with Crippen molar-refractivity contribution in [1.82, 2.24) is 15.2 Å². The minimum absolute atomic E-state index is 0.213. The van der Waals surface area contributed by atoms with E-state index in [0.717, 1.165) is 48.6 Å². The Morgan fingerprint density at radius 2 is 1.95 bits per heavy atom. The molecule has 0 amide bonds. The Morgan fingerprint density at radius 3 is 2.59 bits per heavy atom. The Balaban J connectivity index is 1.68. The van der Waals surface area contributed by atoms with Crippen LogP contribution in [0.3, 0.4) is 0 Å². The molecule has 1 aliphatic heterocycles. The molecule has 0 aromatic carbocycles. The average Bonchev–Trinajstić information content (AvgIpc) is 2.81. The van der Waals surface area contributed by atoms with Crippen molar-refractivity contribution in [3.63, 3.8) is 0 Å². The number of carboxylic acid groups (broad SMARTS) is 1. The van der Waals surface area contributed by atoms with Crippen LogP contribution in [0.2, 0.25) is 0 Å². The van der Waals surface area contributed by atoms with Gasteiger partial charge in [0.15, 0.2) is 0 Å². The van der Waals surface area contributed by atoms with Gasteiger partial charge in [-0.3, -0.25) is 0 Å². The maximum atomic E-state index is 10.9. The van der Waals surface area contributed by atoms with E-state index in [-0.39, 0.29) is 5.56 Å². The molecule has 8 heteroatoms. The van der Waals surface area contributed by atoms with Crippen molar-refractivity contribution in [1.29, 1.82) is 0 Å². The summed E-state index contributed by atoms with van der Waals surface area (Å²) in [6, 6.07) is 3.37. The summed E-state index contributed by atoms with van der Waals surface area (Å²) in [7, 11) is 0. The largest absolute Gasteiger partial charge is 0.478 e. The molecule has 0 unspecified atom stereocenters. The van der Waals surface area contributed by atoms with Gasteiger partial charge in [0.25, 0.3) is 0 Å². The van der Waals surface area contributed by atoms with Crippen molar-refractivity contribution in [3.8, 4) is 0 Å². The molecule has 7 nitrogen and oxygen atoms in total. The van der Waals surface area contributed by atoms with Crippen LogP contribution in [0.5, 0.6) is 0 Å². The highest BCUT2D eigenvalue weighted by Gasteiger charge is 2.18. The number of nitrogens with zero attached hydrogens (tertiary/aromatic N) is 5. The Bertz CT molecular complexity index is 658. The third kappa shape index (κ3) is 3.16. The monoisotopic (exact) mass is 319 g/mol. The first-order chi connectivity index (χ1) is 10.6. The van der Waals surface area contributed by atoms with Crippen LogP contribution in [-0.2, 0) is 0 Å². The Hall–Kier alpha value is -2.22. The number of hydrogen-bond donors (Lipinski definition) is 1. The lowest BCUT2D eigenvalue weighted by atomic mass is 10.3. The van der Waals surface area contributed by atoms with Crippen LogP contribution < -0.4 is 9.80 Å². The highest BCUT2D eigenvalue weighted by atomic mass is 32.1. The molecule has 2 aromatic rings. The van der Waals surface area contributed by atoms with Gasteiger partial charge < -0.3 is 14.9 Å². The first kappa shape index (κ1) is 14.7. The van der Waals surface area contributed by atoms with Crippen LogP contribution >= 0.6 is 11.3 Å². The van der Waals surface area contributed by atoms with Gasteiger partial charge in [-0.1, -0.05) is 11.3 Å². The predicted molar refractivity (Wildman–Crippen MR) is 84.9 cm³/mol. The first-order valence-electron chi connectivity index (χ1n) is 7.13. The Morgan fingerprint density at radius 1 is 1.18 bits per heavy atom. The number of carboxylic acids is 1. The van der Waals surface area contributed by atoms with E-state index in [1.165, 1.54) is 6.20 Å². The number of rotatable bonds is 3. The lowest BCUT2D eigenvalue weighted by Gasteiger charge is -2.22. The van der Waals surface area contributed by atoms with E-state index in [0.29, 0.717) is 0 Å². The molecule has 0 bridgehead atoms. The summed E-state index contributed by atoms with van der Waals surface area (Å²) in [5.41, 5.74) is 0.213. The van der Waals surface area contributed by atoms with E-state index < -0.39 is 5.97 Å². The lowest BCUT2D eigenvalue weighted by Crippen LogP contribution is -2.31. The van der Waals surface area contributed by atoms with Gasteiger partial charge in [-0.05, 0) is 25.5 Å². The molecule has 0 atom stereocenters. The fraction of sp³-hybridized carbons (Fsp3) is 0.429. The van der Waals surface area contributed by atoms with E-state index in [1.807, 2.05) is 6.92 Å². The zero-order chi connectivity index (χ0) is 15.5. The summed E-state index contributed by atoms with van der Waals surface area (Å²) < 4.78 is 0. The average molecular weight is 319 g/mol. The van der Waals surface area contributed by atoms with Crippen molar-refractivity contribution >= 4 is 28.3 Å². The van der Waals surface area contributed by atoms with Crippen molar-refractivity contribution in [2.75, 3.05) is 36.0 Å². The molecule has 0 saturated carbocycles. The number of hydrogen-bond acceptors (Lipinski definition) is 7. The molecule has 3 rings (SSSR count). The van der Waals surface area contributed by atoms with Crippen LogP contribution in [0.25, 0.3) is 0 Å². The predicted octanol–water partition coefficient (Wildman–Crippen LogP) is 1.66. The quantitative estimate of drug-likeness (QED) is 0.921. The molecule has 3 heterocycles. The second-order valence-electron chi connectivity index (χ2n) is 5.14. The zero-order valence-electron chi connectivity index (χ0n) is 12.3. The van der Waals surface area contributed by atoms with Crippen LogP contribution in [0.15, 0.2) is 18.3 Å². The second-order valence-corrected chi connectivity index (χ2v) is 6.30. The third-order valence-electron chi connectivity index (χ3n) is 3.60. The van der Waals surface area contributed by atoms with Crippen molar-refractivity contribution < 1.29 is 9.90 Å². The zero-order valence-corrected chi connectivity index (χ0v) is 13.1. The molecular formula is C14H17N5O2S. The number of aryl methyl sites for hydroxylation is 1. The normalized spacial score (nSPS) is 15.7. The number of aromatic nitrogens is 3. The lowest BCUT2D eigenvalue weighted by molar-refractivity contribution is 0.0696. The number of aromatic carboxylic acids is 1. The highest BCUT2D eigenvalue weighted by molar-refractivity contribution is 7.15. The van der Waals surface area contributed by atoms with E-state index in [1.54, 1.807) is 23.5 Å². The fourth-order valence-electron chi connectivity index (χ4n) is 2.45. The summed E-state index contributed by atoms with van der Waals surface area (Å²) >= 11 is 1.61. The minimum Gasteiger partial charge on any atom is -0.478 e. The van der Waals surface area contributed by atoms with Gasteiger partial charge in [0.2, 0.25) is 5.13 Å². The van der Waals surface area contributed by atoms with E-state index in [9.17, 15) is 4.79 Å². The fourth-order valence-corrected chi connectivity index (χ4v) is 3.19. The van der Waals surface area contributed by atoms with Crippen LogP contribution in [0.4, 0.5) is 10.9 Å². The standard InChI is InChI=1S/C14H17N5O2S/c1-10-16-17-14(22-10)19-6-2-5-18(7-8-19)12-4-3-11(9-15-12)13(20)21/h3-4,9H,2,5-8H2,1H3,(H,20,21). The number of carbonyl (C=O) groups is 1. The van der Waals surface area contributed by atoms with E-state index >= 15 is 0 Å². The maximum Gasteiger partial charge on any atom is 0.337 e. The molecular weight excluding hydrogens is 302 g/mol. The molecule has 1 fully saturated rings. The summed E-state index contributed by atoms with van der Waals surface area (Å²) in [5.74, 6) is -0.131. The summed E-state index contributed by atoms with van der Waals surface area (Å²) in [4.78, 5) is 19.6. The smallest absolute Gasteiger partial charge is 0.337 e. The molecule has 22 heavy (non-hydrogen) atoms. The molecule has 116 valence electrons. The highest BCUT2D eigenvalue weighted by Crippen LogP contribution is 2.22. The molecule has 0 aliphatic carbocycles. The first-order valence-corrected chi connectivity index (χ1v) is 7.94. The van der Waals surface area contributed by atoms with Gasteiger partial charge in [0, 0.05) is 32.4 Å². The molecule has 0 spiro atoms. The number of anilines is 2. The third-order valence-corrected chi connectivity index (χ3v) is 4.50. The SMILES string of the molecule is Cc1nnc(N2CCCN(c3ccc(C(=O)O)cn3)CC2)s1. The van der Waals surface area contributed by atoms with E-state index in [2.05, 4.69) is 25.0 Å². The summed E-state index contributed by atoms with van der Waals surface area (Å²) in [5, 5.41) is 19.1. The second kappa shape index (κ2) is 6.27. The van der Waals surface area contributed by atoms with Crippen LogP contribution in [0.1, 0.15) is 21.8 Å². The van der Waals surface area contributed by atoms with Crippen molar-refractivity contribution in [3.05, 3.63) is 28.9 Å². The van der Waals surface area contributed by atoms with Crippen molar-refractivity contribution in [2.45, 2.75) is 13.3 Å². The Labute approximate surface area is 132 Å². The minimum atomic E-state index is -0.951. The number of pyridine rings is 1. The van der Waals surface area contributed by atoms with Gasteiger partial charge in [-0.2, -0.15) is 0 Å². The van der Waals surface area contributed by atoms with Crippen molar-refractivity contribution in [2.24, 2.45) is 0 Å². The summed E-state index contributed by atoms with van der Waals surface area (Å²) in [6.07, 6.45) is 2.41. The maximum absolute atomic E-state index is 10.9. The van der Waals surface area contributed by atoms with E-state index in [4.69, 9.17) is 5.11 Å². The van der Waals surface area contributed by atoms with Gasteiger partial charge in [-0.15, -0.1) is 10.2 Å². The summed E-state index contributed by atoms with van der Waals surface area (Å²) in [6.45, 7) is 5.49. The Kier molecular flexibility index (Phi) is 4.19. The molecule has 1 aliphatic rings. The van der Waals surface area contributed by atoms with Crippen LogP contribution in [0, 0.1) is 6.92 Å². The van der Waals surface area contributed by atoms with Gasteiger partial charge in [0.05, 0.1) is 5.56 Å². The van der Waals surface area contributed by atoms with Gasteiger partial charge in [0.1, 0.15) is 10.8 Å². The topological polar surface area (TPSA) is 82.5 Å². The molecule has 1 saturated heterocycles. The van der Waals surface area contributed by atoms with Crippen LogP contribution in [-0.4, -0.2) is 52.4 Å². The van der Waals surface area contributed by atoms with Gasteiger partial charge in [-0.25, -0.2) is 9.78 Å². The molecule has 0 radical (unpaired) electrons. The molecule has 2 aromatic heterocycles. The molecule has 1 N–H and O–H groups in total.